The van der Waals surface area contributed by atoms with E-state index in [1.54, 1.807) is 0 Å². The molecule has 2 nitrogen and oxygen atoms in total. The summed E-state index contributed by atoms with van der Waals surface area (Å²) in [6.07, 6.45) is 4.55. The van der Waals surface area contributed by atoms with Crippen LogP contribution in [-0.4, -0.2) is 26.3 Å². The third kappa shape index (κ3) is 0.867. The van der Waals surface area contributed by atoms with E-state index in [2.05, 4.69) is 5.32 Å². The molecule has 0 aromatic rings. The molecule has 0 unspecified atom stereocenters. The van der Waals surface area contributed by atoms with Crippen molar-refractivity contribution in [2.45, 2.75) is 25.4 Å². The summed E-state index contributed by atoms with van der Waals surface area (Å²) in [5, 5.41) is 3.37. The van der Waals surface area contributed by atoms with Crippen molar-refractivity contribution in [3.63, 3.8) is 0 Å². The van der Waals surface area contributed by atoms with Crippen LogP contribution in [0.2, 0.25) is 0 Å². The zero-order chi connectivity index (χ0) is 7.03. The van der Waals surface area contributed by atoms with Crippen molar-refractivity contribution in [1.29, 1.82) is 0 Å². The topological polar surface area (TPSA) is 21.3 Å². The Morgan fingerprint density at radius 2 is 2.10 bits per heavy atom. The third-order valence-electron chi connectivity index (χ3n) is 3.00. The van der Waals surface area contributed by atoms with Crippen molar-refractivity contribution in [1.82, 2.24) is 5.32 Å². The SMILES string of the molecule is CO[C@@H]1CC12CCNCC2. The zero-order valence-electron chi connectivity index (χ0n) is 6.52. The van der Waals surface area contributed by atoms with Gasteiger partial charge in [-0.25, -0.2) is 0 Å². The van der Waals surface area contributed by atoms with E-state index in [4.69, 9.17) is 4.74 Å². The number of nitrogens with one attached hydrogen (secondary N) is 1. The molecule has 0 bridgehead atoms. The molecule has 0 amide bonds. The molecule has 1 heterocycles. The van der Waals surface area contributed by atoms with Gasteiger partial charge in [-0.2, -0.15) is 0 Å². The largest absolute Gasteiger partial charge is 0.381 e. The monoisotopic (exact) mass is 141 g/mol. The zero-order valence-corrected chi connectivity index (χ0v) is 6.52. The lowest BCUT2D eigenvalue weighted by Gasteiger charge is -2.22. The molecule has 0 radical (unpaired) electrons. The first-order valence-corrected chi connectivity index (χ1v) is 4.11. The molecule has 0 aromatic carbocycles. The van der Waals surface area contributed by atoms with Crippen molar-refractivity contribution < 1.29 is 4.74 Å². The maximum Gasteiger partial charge on any atom is 0.0635 e. The molecule has 2 heteroatoms. The van der Waals surface area contributed by atoms with E-state index in [0.29, 0.717) is 11.5 Å². The van der Waals surface area contributed by atoms with Gasteiger partial charge in [0.1, 0.15) is 0 Å². The van der Waals surface area contributed by atoms with Gasteiger partial charge in [0, 0.05) is 12.5 Å². The Morgan fingerprint density at radius 3 is 2.60 bits per heavy atom. The molecule has 10 heavy (non-hydrogen) atoms. The number of rotatable bonds is 1. The highest BCUT2D eigenvalue weighted by atomic mass is 16.5. The van der Waals surface area contributed by atoms with Crippen LogP contribution in [0.3, 0.4) is 0 Å². The molecule has 1 atom stereocenters. The molecule has 1 saturated carbocycles. The van der Waals surface area contributed by atoms with Gasteiger partial charge >= 0.3 is 0 Å². The molecule has 1 aliphatic carbocycles. The van der Waals surface area contributed by atoms with Gasteiger partial charge in [-0.15, -0.1) is 0 Å². The van der Waals surface area contributed by atoms with E-state index in [1.165, 1.54) is 32.4 Å². The number of piperidine rings is 1. The Labute approximate surface area is 61.9 Å². The van der Waals surface area contributed by atoms with Crippen molar-refractivity contribution >= 4 is 0 Å². The Hall–Kier alpha value is -0.0800. The molecular weight excluding hydrogens is 126 g/mol. The molecule has 58 valence electrons. The second-order valence-corrected chi connectivity index (χ2v) is 3.54. The smallest absolute Gasteiger partial charge is 0.0635 e. The maximum atomic E-state index is 5.33. The summed E-state index contributed by atoms with van der Waals surface area (Å²) >= 11 is 0. The Morgan fingerprint density at radius 1 is 1.40 bits per heavy atom. The average molecular weight is 141 g/mol. The Kier molecular flexibility index (Phi) is 1.46. The lowest BCUT2D eigenvalue weighted by atomic mass is 9.94. The van der Waals surface area contributed by atoms with Gasteiger partial charge < -0.3 is 10.1 Å². The van der Waals surface area contributed by atoms with E-state index in [0.717, 1.165) is 0 Å². The molecule has 0 aromatic heterocycles. The van der Waals surface area contributed by atoms with Gasteiger partial charge in [0.25, 0.3) is 0 Å². The first kappa shape index (κ1) is 6.62. The summed E-state index contributed by atoms with van der Waals surface area (Å²) in [6, 6.07) is 0. The Bertz CT molecular complexity index is 129. The fourth-order valence-corrected chi connectivity index (χ4v) is 2.09. The van der Waals surface area contributed by atoms with Crippen LogP contribution in [0.15, 0.2) is 0 Å². The minimum Gasteiger partial charge on any atom is -0.381 e. The van der Waals surface area contributed by atoms with Gasteiger partial charge in [0.05, 0.1) is 6.10 Å². The summed E-state index contributed by atoms with van der Waals surface area (Å²) in [4.78, 5) is 0. The van der Waals surface area contributed by atoms with E-state index in [9.17, 15) is 0 Å². The predicted molar refractivity (Wildman–Crippen MR) is 40.0 cm³/mol. The number of hydrogen-bond acceptors (Lipinski definition) is 2. The average Bonchev–Trinajstić information content (AvgIpc) is 2.65. The van der Waals surface area contributed by atoms with E-state index in [-0.39, 0.29) is 0 Å². The first-order valence-electron chi connectivity index (χ1n) is 4.11. The van der Waals surface area contributed by atoms with Crippen LogP contribution in [0.4, 0.5) is 0 Å². The number of methoxy groups -OCH3 is 1. The molecule has 1 spiro atoms. The summed E-state index contributed by atoms with van der Waals surface area (Å²) in [6.45, 7) is 2.39. The molecule has 2 rings (SSSR count). The van der Waals surface area contributed by atoms with Crippen LogP contribution >= 0.6 is 0 Å². The predicted octanol–water partition coefficient (Wildman–Crippen LogP) is 0.775. The van der Waals surface area contributed by atoms with Crippen LogP contribution in [0, 0.1) is 5.41 Å². The molecular formula is C8H15NO. The summed E-state index contributed by atoms with van der Waals surface area (Å²) in [7, 11) is 1.83. The van der Waals surface area contributed by atoms with Gasteiger partial charge in [-0.3, -0.25) is 0 Å². The van der Waals surface area contributed by atoms with Crippen molar-refractivity contribution in [2.24, 2.45) is 5.41 Å². The third-order valence-corrected chi connectivity index (χ3v) is 3.00. The van der Waals surface area contributed by atoms with Crippen LogP contribution in [-0.2, 0) is 4.74 Å². The van der Waals surface area contributed by atoms with Crippen molar-refractivity contribution in [3.05, 3.63) is 0 Å². The highest BCUT2D eigenvalue weighted by molar-refractivity contribution is 5.05. The molecule has 1 saturated heterocycles. The van der Waals surface area contributed by atoms with E-state index >= 15 is 0 Å². The van der Waals surface area contributed by atoms with Crippen molar-refractivity contribution in [2.75, 3.05) is 20.2 Å². The second kappa shape index (κ2) is 2.21. The highest BCUT2D eigenvalue weighted by Crippen LogP contribution is 2.54. The minimum absolute atomic E-state index is 0.592. The quantitative estimate of drug-likeness (QED) is 0.582. The normalized spacial score (nSPS) is 36.3. The lowest BCUT2D eigenvalue weighted by molar-refractivity contribution is 0.129. The molecule has 1 N–H and O–H groups in total. The fourth-order valence-electron chi connectivity index (χ4n) is 2.09. The maximum absolute atomic E-state index is 5.33. The lowest BCUT2D eigenvalue weighted by Crippen LogP contribution is -2.30. The van der Waals surface area contributed by atoms with Crippen LogP contribution < -0.4 is 5.32 Å². The number of hydrogen-bond donors (Lipinski definition) is 1. The van der Waals surface area contributed by atoms with E-state index < -0.39 is 0 Å². The van der Waals surface area contributed by atoms with Crippen LogP contribution in [0.5, 0.6) is 0 Å². The number of ether oxygens (including phenoxy) is 1. The van der Waals surface area contributed by atoms with Crippen molar-refractivity contribution in [3.8, 4) is 0 Å². The van der Waals surface area contributed by atoms with Gasteiger partial charge in [0.15, 0.2) is 0 Å². The van der Waals surface area contributed by atoms with Gasteiger partial charge in [0.2, 0.25) is 0 Å². The standard InChI is InChI=1S/C8H15NO/c1-10-7-6-8(7)2-4-9-5-3-8/h7,9H,2-6H2,1H3/t7-/m1/s1. The first-order chi connectivity index (χ1) is 4.87. The van der Waals surface area contributed by atoms with Gasteiger partial charge in [-0.1, -0.05) is 0 Å². The molecule has 2 fully saturated rings. The summed E-state index contributed by atoms with van der Waals surface area (Å²) < 4.78 is 5.33. The summed E-state index contributed by atoms with van der Waals surface area (Å²) in [5.41, 5.74) is 0.611. The van der Waals surface area contributed by atoms with Gasteiger partial charge in [-0.05, 0) is 32.4 Å². The highest BCUT2D eigenvalue weighted by Gasteiger charge is 2.54. The summed E-state index contributed by atoms with van der Waals surface area (Å²) in [5.74, 6) is 0. The Balaban J connectivity index is 1.92. The molecule has 1 aliphatic heterocycles. The van der Waals surface area contributed by atoms with E-state index in [1.807, 2.05) is 7.11 Å². The molecule has 2 aliphatic rings. The van der Waals surface area contributed by atoms with Crippen LogP contribution in [0.25, 0.3) is 0 Å². The fraction of sp³-hybridized carbons (Fsp3) is 1.00. The minimum atomic E-state index is 0.592. The second-order valence-electron chi connectivity index (χ2n) is 3.54. The van der Waals surface area contributed by atoms with Crippen LogP contribution in [0.1, 0.15) is 19.3 Å².